The van der Waals surface area contributed by atoms with Gasteiger partial charge >= 0.3 is 0 Å². The van der Waals surface area contributed by atoms with Crippen LogP contribution < -0.4 is 0 Å². The molecule has 0 N–H and O–H groups in total. The summed E-state index contributed by atoms with van der Waals surface area (Å²) >= 11 is 6.08. The molecule has 0 radical (unpaired) electrons. The van der Waals surface area contributed by atoms with Crippen molar-refractivity contribution >= 4 is 11.6 Å². The van der Waals surface area contributed by atoms with Gasteiger partial charge in [0.15, 0.2) is 5.82 Å². The second kappa shape index (κ2) is 4.15. The summed E-state index contributed by atoms with van der Waals surface area (Å²) in [4.78, 5) is 4.33. The van der Waals surface area contributed by atoms with Crippen LogP contribution in [0.3, 0.4) is 0 Å². The highest BCUT2D eigenvalue weighted by Gasteiger charge is 2.25. The number of fused-ring (bicyclic) bond motifs is 3. The van der Waals surface area contributed by atoms with Crippen LogP contribution >= 0.6 is 11.6 Å². The molecule has 88 valence electrons. The van der Waals surface area contributed by atoms with Gasteiger partial charge in [0.05, 0.1) is 6.54 Å². The van der Waals surface area contributed by atoms with Gasteiger partial charge in [-0.25, -0.2) is 9.67 Å². The van der Waals surface area contributed by atoms with E-state index >= 15 is 0 Å². The normalized spacial score (nSPS) is 17.6. The Bertz CT molecular complexity index is 547. The summed E-state index contributed by atoms with van der Waals surface area (Å²) in [5, 5.41) is 5.04. The molecule has 3 rings (SSSR count). The summed E-state index contributed by atoms with van der Waals surface area (Å²) in [5.41, 5.74) is 2.50. The molecule has 3 nitrogen and oxygen atoms in total. The van der Waals surface area contributed by atoms with E-state index in [9.17, 15) is 0 Å². The molecule has 0 saturated heterocycles. The summed E-state index contributed by atoms with van der Waals surface area (Å²) in [6.45, 7) is 3.14. The van der Waals surface area contributed by atoms with Gasteiger partial charge in [-0.1, -0.05) is 31.0 Å². The van der Waals surface area contributed by atoms with Gasteiger partial charge in [0.1, 0.15) is 6.33 Å². The van der Waals surface area contributed by atoms with E-state index in [1.807, 2.05) is 16.8 Å². The highest BCUT2D eigenvalue weighted by Crippen LogP contribution is 2.37. The van der Waals surface area contributed by atoms with Crippen molar-refractivity contribution in [3.63, 3.8) is 0 Å². The Hall–Kier alpha value is -1.35. The first-order chi connectivity index (χ1) is 8.29. The van der Waals surface area contributed by atoms with Gasteiger partial charge in [0.2, 0.25) is 0 Å². The van der Waals surface area contributed by atoms with Crippen molar-refractivity contribution in [2.75, 3.05) is 0 Å². The molecule has 1 aliphatic rings. The summed E-state index contributed by atoms with van der Waals surface area (Å²) in [5.74, 6) is 1.47. The molecule has 1 unspecified atom stereocenters. The highest BCUT2D eigenvalue weighted by molar-refractivity contribution is 6.30. The molecular weight excluding hydrogens is 234 g/mol. The summed E-state index contributed by atoms with van der Waals surface area (Å²) in [7, 11) is 0. The van der Waals surface area contributed by atoms with Crippen molar-refractivity contribution in [3.8, 4) is 11.4 Å². The Kier molecular flexibility index (Phi) is 2.63. The minimum absolute atomic E-state index is 0.529. The topological polar surface area (TPSA) is 30.7 Å². The van der Waals surface area contributed by atoms with Crippen LogP contribution in [0.2, 0.25) is 5.02 Å². The molecular formula is C13H14ClN3. The number of hydrogen-bond acceptors (Lipinski definition) is 2. The molecule has 0 aliphatic carbocycles. The number of aromatic nitrogens is 3. The molecule has 0 amide bonds. The van der Waals surface area contributed by atoms with E-state index < -0.39 is 0 Å². The number of halogens is 1. The number of hydrogen-bond donors (Lipinski definition) is 0. The second-order valence-corrected chi connectivity index (χ2v) is 4.92. The fourth-order valence-corrected chi connectivity index (χ4v) is 2.76. The van der Waals surface area contributed by atoms with E-state index in [4.69, 9.17) is 11.6 Å². The van der Waals surface area contributed by atoms with Gasteiger partial charge in [-0.15, -0.1) is 0 Å². The minimum atomic E-state index is 0.529. The molecule has 2 aromatic rings. The quantitative estimate of drug-likeness (QED) is 0.813. The van der Waals surface area contributed by atoms with Crippen molar-refractivity contribution in [1.29, 1.82) is 0 Å². The summed E-state index contributed by atoms with van der Waals surface area (Å²) in [6, 6.07) is 6.10. The molecule has 1 aromatic heterocycles. The first kappa shape index (κ1) is 10.8. The lowest BCUT2D eigenvalue weighted by atomic mass is 9.88. The number of benzene rings is 1. The molecule has 2 heterocycles. The van der Waals surface area contributed by atoms with Gasteiger partial charge in [-0.05, 0) is 24.1 Å². The number of nitrogens with zero attached hydrogens (tertiary/aromatic N) is 3. The van der Waals surface area contributed by atoms with Gasteiger partial charge in [-0.3, -0.25) is 0 Å². The molecule has 0 fully saturated rings. The van der Waals surface area contributed by atoms with E-state index in [1.54, 1.807) is 6.33 Å². The SMILES string of the molecule is CCCC1Cn2ncnc2-c2cc(Cl)ccc21. The summed E-state index contributed by atoms with van der Waals surface area (Å²) < 4.78 is 1.99. The Morgan fingerprint density at radius 3 is 3.18 bits per heavy atom. The Labute approximate surface area is 105 Å². The first-order valence-corrected chi connectivity index (χ1v) is 6.35. The van der Waals surface area contributed by atoms with Crippen molar-refractivity contribution in [2.24, 2.45) is 0 Å². The Balaban J connectivity index is 2.16. The van der Waals surface area contributed by atoms with Crippen LogP contribution in [-0.4, -0.2) is 14.8 Å². The van der Waals surface area contributed by atoms with Crippen molar-refractivity contribution in [1.82, 2.24) is 14.8 Å². The molecule has 17 heavy (non-hydrogen) atoms. The van der Waals surface area contributed by atoms with E-state index in [0.717, 1.165) is 23.0 Å². The third-order valence-corrected chi connectivity index (χ3v) is 3.58. The minimum Gasteiger partial charge on any atom is -0.245 e. The standard InChI is InChI=1S/C13H14ClN3/c1-2-3-9-7-17-13(15-8-16-17)12-6-10(14)4-5-11(9)12/h4-6,8-9H,2-3,7H2,1H3. The van der Waals surface area contributed by atoms with Crippen LogP contribution in [0.4, 0.5) is 0 Å². The van der Waals surface area contributed by atoms with Gasteiger partial charge in [0, 0.05) is 16.5 Å². The predicted molar refractivity (Wildman–Crippen MR) is 68.1 cm³/mol. The Morgan fingerprint density at radius 1 is 1.47 bits per heavy atom. The van der Waals surface area contributed by atoms with E-state index in [1.165, 1.54) is 18.4 Å². The fourth-order valence-electron chi connectivity index (χ4n) is 2.59. The van der Waals surface area contributed by atoms with Crippen LogP contribution in [0.15, 0.2) is 24.5 Å². The van der Waals surface area contributed by atoms with Gasteiger partial charge in [0.25, 0.3) is 0 Å². The first-order valence-electron chi connectivity index (χ1n) is 5.97. The smallest absolute Gasteiger partial charge is 0.158 e. The molecule has 1 aliphatic heterocycles. The maximum atomic E-state index is 6.08. The maximum absolute atomic E-state index is 6.08. The maximum Gasteiger partial charge on any atom is 0.158 e. The van der Waals surface area contributed by atoms with E-state index in [-0.39, 0.29) is 0 Å². The van der Waals surface area contributed by atoms with Crippen LogP contribution in [0.25, 0.3) is 11.4 Å². The Morgan fingerprint density at radius 2 is 2.35 bits per heavy atom. The van der Waals surface area contributed by atoms with E-state index in [0.29, 0.717) is 5.92 Å². The number of rotatable bonds is 2. The van der Waals surface area contributed by atoms with Crippen molar-refractivity contribution in [2.45, 2.75) is 32.2 Å². The monoisotopic (exact) mass is 247 g/mol. The second-order valence-electron chi connectivity index (χ2n) is 4.48. The van der Waals surface area contributed by atoms with Crippen LogP contribution in [0.1, 0.15) is 31.2 Å². The van der Waals surface area contributed by atoms with Gasteiger partial charge < -0.3 is 0 Å². The lowest BCUT2D eigenvalue weighted by Crippen LogP contribution is -2.18. The fraction of sp³-hybridized carbons (Fsp3) is 0.385. The third kappa shape index (κ3) is 1.75. The molecule has 1 atom stereocenters. The summed E-state index contributed by atoms with van der Waals surface area (Å²) in [6.07, 6.45) is 3.97. The van der Waals surface area contributed by atoms with Gasteiger partial charge in [-0.2, -0.15) is 5.10 Å². The largest absolute Gasteiger partial charge is 0.245 e. The third-order valence-electron chi connectivity index (χ3n) is 3.34. The zero-order chi connectivity index (χ0) is 11.8. The van der Waals surface area contributed by atoms with E-state index in [2.05, 4.69) is 23.1 Å². The lowest BCUT2D eigenvalue weighted by Gasteiger charge is -2.25. The zero-order valence-corrected chi connectivity index (χ0v) is 10.5. The van der Waals surface area contributed by atoms with Crippen LogP contribution in [0.5, 0.6) is 0 Å². The zero-order valence-electron chi connectivity index (χ0n) is 9.73. The molecule has 0 saturated carbocycles. The average molecular weight is 248 g/mol. The van der Waals surface area contributed by atoms with Crippen molar-refractivity contribution < 1.29 is 0 Å². The lowest BCUT2D eigenvalue weighted by molar-refractivity contribution is 0.476. The molecule has 4 heteroatoms. The molecule has 0 bridgehead atoms. The van der Waals surface area contributed by atoms with Crippen LogP contribution in [0, 0.1) is 0 Å². The van der Waals surface area contributed by atoms with Crippen LogP contribution in [-0.2, 0) is 6.54 Å². The molecule has 1 aromatic carbocycles. The highest BCUT2D eigenvalue weighted by atomic mass is 35.5. The van der Waals surface area contributed by atoms with Crippen molar-refractivity contribution in [3.05, 3.63) is 35.1 Å². The average Bonchev–Trinajstić information content (AvgIpc) is 2.77. The molecule has 0 spiro atoms. The predicted octanol–water partition coefficient (Wildman–Crippen LogP) is 3.50.